The molecule has 0 amide bonds. The van der Waals surface area contributed by atoms with Crippen molar-refractivity contribution in [3.8, 4) is 11.1 Å². The molecular formula is C24H28FN5. The zero-order valence-electron chi connectivity index (χ0n) is 17.6. The molecule has 1 saturated heterocycles. The number of rotatable bonds is 6. The van der Waals surface area contributed by atoms with Crippen LogP contribution in [0.5, 0.6) is 0 Å². The van der Waals surface area contributed by atoms with Crippen molar-refractivity contribution in [3.05, 3.63) is 72.1 Å². The van der Waals surface area contributed by atoms with E-state index in [2.05, 4.69) is 40.1 Å². The maximum absolute atomic E-state index is 14.0. The molecule has 0 unspecified atom stereocenters. The van der Waals surface area contributed by atoms with Crippen LogP contribution >= 0.6 is 0 Å². The first-order valence-electron chi connectivity index (χ1n) is 10.6. The third-order valence-electron chi connectivity index (χ3n) is 5.53. The highest BCUT2D eigenvalue weighted by molar-refractivity contribution is 5.65. The third-order valence-corrected chi connectivity index (χ3v) is 5.53. The summed E-state index contributed by atoms with van der Waals surface area (Å²) in [5.74, 6) is 0.882. The van der Waals surface area contributed by atoms with Crippen LogP contribution in [0.4, 0.5) is 10.3 Å². The number of likely N-dealkylation sites (tertiary alicyclic amines) is 1. The van der Waals surface area contributed by atoms with Gasteiger partial charge in [0.05, 0.1) is 5.69 Å². The number of hydrogen-bond donors (Lipinski definition) is 1. The summed E-state index contributed by atoms with van der Waals surface area (Å²) < 4.78 is 14.0. The van der Waals surface area contributed by atoms with E-state index in [1.165, 1.54) is 6.07 Å². The molecule has 0 aliphatic carbocycles. The second kappa shape index (κ2) is 9.30. The number of nitrogens with zero attached hydrogens (tertiary/aromatic N) is 4. The van der Waals surface area contributed by atoms with Crippen LogP contribution in [-0.4, -0.2) is 39.0 Å². The number of pyridine rings is 1. The lowest BCUT2D eigenvalue weighted by molar-refractivity contribution is 0.201. The Labute approximate surface area is 177 Å². The van der Waals surface area contributed by atoms with E-state index in [4.69, 9.17) is 4.98 Å². The highest BCUT2D eigenvalue weighted by Gasteiger charge is 2.25. The standard InChI is InChI=1S/C24H28FN5/c1-17(2)28-24-27-15-21(19-7-5-11-26-14-19)23(29-24)18-9-12-30(13-10-18)16-20-6-3-4-8-22(20)25/h3-8,11,14-15,17-18H,9-10,12-13,16H2,1-2H3,(H,27,28,29). The van der Waals surface area contributed by atoms with E-state index < -0.39 is 0 Å². The predicted octanol–water partition coefficient (Wildman–Crippen LogP) is 4.88. The Morgan fingerprint density at radius 3 is 2.60 bits per heavy atom. The molecule has 2 aromatic heterocycles. The van der Waals surface area contributed by atoms with E-state index in [-0.39, 0.29) is 11.9 Å². The van der Waals surface area contributed by atoms with Crippen LogP contribution in [0.2, 0.25) is 0 Å². The van der Waals surface area contributed by atoms with Gasteiger partial charge >= 0.3 is 0 Å². The molecule has 0 atom stereocenters. The Morgan fingerprint density at radius 2 is 1.90 bits per heavy atom. The van der Waals surface area contributed by atoms with Crippen molar-refractivity contribution in [2.75, 3.05) is 18.4 Å². The van der Waals surface area contributed by atoms with Gasteiger partial charge in [-0.15, -0.1) is 0 Å². The van der Waals surface area contributed by atoms with Crippen molar-refractivity contribution in [3.63, 3.8) is 0 Å². The Hall–Kier alpha value is -2.86. The fraction of sp³-hybridized carbons (Fsp3) is 0.375. The predicted molar refractivity (Wildman–Crippen MR) is 118 cm³/mol. The van der Waals surface area contributed by atoms with Gasteiger partial charge in [-0.05, 0) is 51.9 Å². The van der Waals surface area contributed by atoms with Gasteiger partial charge in [-0.2, -0.15) is 0 Å². The lowest BCUT2D eigenvalue weighted by Crippen LogP contribution is -2.33. The highest BCUT2D eigenvalue weighted by atomic mass is 19.1. The van der Waals surface area contributed by atoms with E-state index in [0.29, 0.717) is 18.4 Å². The van der Waals surface area contributed by atoms with Crippen LogP contribution in [0.1, 0.15) is 43.9 Å². The molecule has 0 saturated carbocycles. The van der Waals surface area contributed by atoms with E-state index in [1.54, 1.807) is 12.3 Å². The number of anilines is 1. The minimum atomic E-state index is -0.126. The summed E-state index contributed by atoms with van der Waals surface area (Å²) in [4.78, 5) is 16.0. The van der Waals surface area contributed by atoms with Crippen molar-refractivity contribution in [1.82, 2.24) is 19.9 Å². The van der Waals surface area contributed by atoms with Gasteiger partial charge in [0, 0.05) is 53.8 Å². The monoisotopic (exact) mass is 405 g/mol. The topological polar surface area (TPSA) is 53.9 Å². The molecule has 0 spiro atoms. The van der Waals surface area contributed by atoms with Gasteiger partial charge in [-0.1, -0.05) is 24.3 Å². The Morgan fingerprint density at radius 1 is 1.10 bits per heavy atom. The molecule has 1 aromatic carbocycles. The van der Waals surface area contributed by atoms with E-state index in [9.17, 15) is 4.39 Å². The van der Waals surface area contributed by atoms with Crippen molar-refractivity contribution < 1.29 is 4.39 Å². The summed E-state index contributed by atoms with van der Waals surface area (Å²) in [5.41, 5.74) is 3.92. The molecule has 1 aliphatic heterocycles. The van der Waals surface area contributed by atoms with Crippen LogP contribution in [-0.2, 0) is 6.54 Å². The summed E-state index contributed by atoms with van der Waals surface area (Å²) in [6.07, 6.45) is 7.53. The number of hydrogen-bond acceptors (Lipinski definition) is 5. The average molecular weight is 406 g/mol. The molecule has 1 fully saturated rings. The van der Waals surface area contributed by atoms with Crippen molar-refractivity contribution in [2.45, 2.75) is 45.2 Å². The third kappa shape index (κ3) is 4.82. The van der Waals surface area contributed by atoms with Crippen LogP contribution in [0.15, 0.2) is 55.0 Å². The summed E-state index contributed by atoms with van der Waals surface area (Å²) in [7, 11) is 0. The van der Waals surface area contributed by atoms with Gasteiger partial charge in [-0.25, -0.2) is 14.4 Å². The molecule has 6 heteroatoms. The van der Waals surface area contributed by atoms with E-state index >= 15 is 0 Å². The van der Waals surface area contributed by atoms with Gasteiger partial charge in [0.1, 0.15) is 5.82 Å². The largest absolute Gasteiger partial charge is 0.352 e. The van der Waals surface area contributed by atoms with E-state index in [0.717, 1.165) is 48.3 Å². The van der Waals surface area contributed by atoms with Gasteiger partial charge < -0.3 is 5.32 Å². The van der Waals surface area contributed by atoms with Crippen LogP contribution in [0.25, 0.3) is 11.1 Å². The van der Waals surface area contributed by atoms with Gasteiger partial charge in [-0.3, -0.25) is 9.88 Å². The minimum absolute atomic E-state index is 0.126. The maximum atomic E-state index is 14.0. The molecule has 4 rings (SSSR count). The lowest BCUT2D eigenvalue weighted by Gasteiger charge is -2.32. The van der Waals surface area contributed by atoms with Crippen molar-refractivity contribution in [2.24, 2.45) is 0 Å². The van der Waals surface area contributed by atoms with Gasteiger partial charge in [0.15, 0.2) is 0 Å². The fourth-order valence-corrected chi connectivity index (χ4v) is 4.01. The Balaban J connectivity index is 1.53. The second-order valence-corrected chi connectivity index (χ2v) is 8.18. The Bertz CT molecular complexity index is 968. The van der Waals surface area contributed by atoms with E-state index in [1.807, 2.05) is 30.6 Å². The van der Waals surface area contributed by atoms with Gasteiger partial charge in [0.25, 0.3) is 0 Å². The van der Waals surface area contributed by atoms with Gasteiger partial charge in [0.2, 0.25) is 5.95 Å². The quantitative estimate of drug-likeness (QED) is 0.634. The summed E-state index contributed by atoms with van der Waals surface area (Å²) >= 11 is 0. The molecule has 3 heterocycles. The Kier molecular flexibility index (Phi) is 6.33. The smallest absolute Gasteiger partial charge is 0.223 e. The number of nitrogens with one attached hydrogen (secondary N) is 1. The summed E-state index contributed by atoms with van der Waals surface area (Å²) in [5, 5.41) is 3.32. The zero-order chi connectivity index (χ0) is 20.9. The minimum Gasteiger partial charge on any atom is -0.352 e. The first-order valence-corrected chi connectivity index (χ1v) is 10.6. The normalized spacial score (nSPS) is 15.5. The lowest BCUT2D eigenvalue weighted by atomic mass is 9.89. The molecule has 0 bridgehead atoms. The SMILES string of the molecule is CC(C)Nc1ncc(-c2cccnc2)c(C2CCN(Cc3ccccc3F)CC2)n1. The summed E-state index contributed by atoms with van der Waals surface area (Å²) in [6, 6.07) is 11.3. The molecule has 30 heavy (non-hydrogen) atoms. The zero-order valence-corrected chi connectivity index (χ0v) is 17.6. The van der Waals surface area contributed by atoms with Crippen molar-refractivity contribution in [1.29, 1.82) is 0 Å². The molecule has 156 valence electrons. The maximum Gasteiger partial charge on any atom is 0.223 e. The highest BCUT2D eigenvalue weighted by Crippen LogP contribution is 2.34. The van der Waals surface area contributed by atoms with Crippen LogP contribution in [0, 0.1) is 5.82 Å². The number of aromatic nitrogens is 3. The van der Waals surface area contributed by atoms with Crippen LogP contribution in [0.3, 0.4) is 0 Å². The summed E-state index contributed by atoms with van der Waals surface area (Å²) in [6.45, 7) is 6.65. The molecular weight excluding hydrogens is 377 g/mol. The van der Waals surface area contributed by atoms with Crippen LogP contribution < -0.4 is 5.32 Å². The molecule has 0 radical (unpaired) electrons. The number of piperidine rings is 1. The number of halogens is 1. The number of benzene rings is 1. The first-order chi connectivity index (χ1) is 14.6. The molecule has 3 aromatic rings. The van der Waals surface area contributed by atoms with Crippen molar-refractivity contribution >= 4 is 5.95 Å². The fourth-order valence-electron chi connectivity index (χ4n) is 4.01. The average Bonchev–Trinajstić information content (AvgIpc) is 2.76. The molecule has 1 N–H and O–H groups in total. The first kappa shape index (κ1) is 20.4. The molecule has 5 nitrogen and oxygen atoms in total. The molecule has 1 aliphatic rings. The second-order valence-electron chi connectivity index (χ2n) is 8.18.